The first kappa shape index (κ1) is 80.6. The minimum atomic E-state index is -0.778. The predicted molar refractivity (Wildman–Crippen MR) is 362 cm³/mol. The van der Waals surface area contributed by atoms with Gasteiger partial charge in [0.05, 0.1) is 0 Å². The molecular weight excluding hydrogens is 1020 g/mol. The van der Waals surface area contributed by atoms with Crippen molar-refractivity contribution in [1.29, 1.82) is 0 Å². The van der Waals surface area contributed by atoms with E-state index >= 15 is 0 Å². The maximum atomic E-state index is 12.9. The van der Waals surface area contributed by atoms with E-state index in [1.54, 1.807) is 0 Å². The molecule has 0 spiro atoms. The lowest BCUT2D eigenvalue weighted by Gasteiger charge is -2.18. The molecule has 488 valence electrons. The summed E-state index contributed by atoms with van der Waals surface area (Å²) >= 11 is 0. The molecule has 0 bridgehead atoms. The number of esters is 3. The van der Waals surface area contributed by atoms with E-state index in [4.69, 9.17) is 14.2 Å². The second-order valence-corrected chi connectivity index (χ2v) is 25.6. The predicted octanol–water partition coefficient (Wildman–Crippen LogP) is 25.9. The molecule has 1 atom stereocenters. The molecule has 0 aliphatic carbocycles. The van der Waals surface area contributed by atoms with Gasteiger partial charge < -0.3 is 14.2 Å². The summed E-state index contributed by atoms with van der Waals surface area (Å²) in [4.78, 5) is 38.4. The van der Waals surface area contributed by atoms with Gasteiger partial charge in [0.1, 0.15) is 13.2 Å². The zero-order chi connectivity index (χ0) is 59.9. The molecule has 0 aromatic heterocycles. The van der Waals surface area contributed by atoms with E-state index in [1.165, 1.54) is 308 Å². The average molecular weight is 1170 g/mol. The highest BCUT2D eigenvalue weighted by atomic mass is 16.6. The van der Waals surface area contributed by atoms with Crippen LogP contribution >= 0.6 is 0 Å². The van der Waals surface area contributed by atoms with Crippen LogP contribution in [0.5, 0.6) is 0 Å². The van der Waals surface area contributed by atoms with E-state index in [1.807, 2.05) is 0 Å². The van der Waals surface area contributed by atoms with Gasteiger partial charge in [-0.15, -0.1) is 0 Å². The summed E-state index contributed by atoms with van der Waals surface area (Å²) in [5, 5.41) is 0. The van der Waals surface area contributed by atoms with Crippen LogP contribution in [0.3, 0.4) is 0 Å². The van der Waals surface area contributed by atoms with Crippen LogP contribution in [0, 0.1) is 0 Å². The van der Waals surface area contributed by atoms with E-state index in [0.717, 1.165) is 70.6 Å². The van der Waals surface area contributed by atoms with Crippen LogP contribution in [0.15, 0.2) is 36.5 Å². The second-order valence-electron chi connectivity index (χ2n) is 25.6. The van der Waals surface area contributed by atoms with Crippen LogP contribution in [-0.2, 0) is 28.6 Å². The molecule has 0 aromatic carbocycles. The molecule has 0 radical (unpaired) electrons. The third-order valence-corrected chi connectivity index (χ3v) is 17.1. The number of allylic oxidation sites excluding steroid dienone is 6. The Labute approximate surface area is 518 Å². The third kappa shape index (κ3) is 70.3. The number of ether oxygens (including phenoxy) is 3. The smallest absolute Gasteiger partial charge is 0.306 e. The van der Waals surface area contributed by atoms with Crippen molar-refractivity contribution in [2.45, 2.75) is 425 Å². The standard InChI is InChI=1S/C77H144O6/c1-4-7-10-13-16-19-22-25-28-30-31-32-33-34-35-36-37-38-39-40-41-42-43-44-45-46-47-48-50-52-55-58-61-64-67-70-76(79)82-73-74(72-81-75(78)69-66-63-60-57-54-51-27-24-21-18-15-12-9-6-3)83-77(80)71-68-65-62-59-56-53-49-29-26-23-20-17-14-11-8-5-2/h24,27,29-31,49,74H,4-23,25-26,28,32-48,50-73H2,1-3H3/b27-24-,31-30-,49-29-. The summed E-state index contributed by atoms with van der Waals surface area (Å²) in [6, 6.07) is 0. The molecule has 0 amide bonds. The highest BCUT2D eigenvalue weighted by molar-refractivity contribution is 5.71. The Morgan fingerprint density at radius 1 is 0.229 bits per heavy atom. The molecule has 6 nitrogen and oxygen atoms in total. The monoisotopic (exact) mass is 1170 g/mol. The van der Waals surface area contributed by atoms with E-state index in [9.17, 15) is 14.4 Å². The van der Waals surface area contributed by atoms with Crippen LogP contribution < -0.4 is 0 Å². The lowest BCUT2D eigenvalue weighted by atomic mass is 10.0. The van der Waals surface area contributed by atoms with Gasteiger partial charge in [-0.3, -0.25) is 14.4 Å². The highest BCUT2D eigenvalue weighted by Gasteiger charge is 2.19. The van der Waals surface area contributed by atoms with Gasteiger partial charge in [-0.2, -0.15) is 0 Å². The van der Waals surface area contributed by atoms with Gasteiger partial charge in [0, 0.05) is 19.3 Å². The van der Waals surface area contributed by atoms with Gasteiger partial charge in [0.15, 0.2) is 6.10 Å². The Hall–Kier alpha value is -2.37. The van der Waals surface area contributed by atoms with Crippen molar-refractivity contribution < 1.29 is 28.6 Å². The zero-order valence-electron chi connectivity index (χ0n) is 56.2. The fraction of sp³-hybridized carbons (Fsp3) is 0.883. The fourth-order valence-corrected chi connectivity index (χ4v) is 11.4. The van der Waals surface area contributed by atoms with Crippen LogP contribution in [0.25, 0.3) is 0 Å². The molecule has 0 saturated heterocycles. The maximum Gasteiger partial charge on any atom is 0.306 e. The molecule has 0 heterocycles. The largest absolute Gasteiger partial charge is 0.462 e. The number of carbonyl (C=O) groups excluding carboxylic acids is 3. The second kappa shape index (κ2) is 72.1. The molecule has 0 saturated carbocycles. The van der Waals surface area contributed by atoms with Gasteiger partial charge in [-0.05, 0) is 96.3 Å². The molecule has 1 unspecified atom stereocenters. The summed E-state index contributed by atoms with van der Waals surface area (Å²) in [6.45, 7) is 6.68. The molecular formula is C77H144O6. The molecule has 0 fully saturated rings. The van der Waals surface area contributed by atoms with Gasteiger partial charge in [0.25, 0.3) is 0 Å². The molecule has 6 heteroatoms. The Balaban J connectivity index is 4.08. The highest BCUT2D eigenvalue weighted by Crippen LogP contribution is 2.19. The van der Waals surface area contributed by atoms with Gasteiger partial charge in [-0.1, -0.05) is 340 Å². The minimum Gasteiger partial charge on any atom is -0.462 e. The van der Waals surface area contributed by atoms with Gasteiger partial charge in [-0.25, -0.2) is 0 Å². The van der Waals surface area contributed by atoms with E-state index < -0.39 is 6.10 Å². The Morgan fingerprint density at radius 2 is 0.398 bits per heavy atom. The summed E-state index contributed by atoms with van der Waals surface area (Å²) < 4.78 is 17.0. The van der Waals surface area contributed by atoms with Gasteiger partial charge in [0.2, 0.25) is 0 Å². The summed E-state index contributed by atoms with van der Waals surface area (Å²) in [6.07, 6.45) is 90.6. The average Bonchev–Trinajstić information content (AvgIpc) is 3.49. The Kier molecular flexibility index (Phi) is 70.0. The molecule has 0 rings (SSSR count). The number of hydrogen-bond acceptors (Lipinski definition) is 6. The van der Waals surface area contributed by atoms with Gasteiger partial charge >= 0.3 is 17.9 Å². The van der Waals surface area contributed by atoms with Crippen molar-refractivity contribution >= 4 is 17.9 Å². The quantitative estimate of drug-likeness (QED) is 0.0261. The zero-order valence-corrected chi connectivity index (χ0v) is 56.2. The molecule has 0 aromatic rings. The fourth-order valence-electron chi connectivity index (χ4n) is 11.4. The SMILES string of the molecule is CCCCCCC/C=C\CCCCCCCC(=O)OCC(COC(=O)CCCCCCCCCCCCCCCCCCCCCCCCC/C=C\CCCCCCCCCC)OC(=O)CCCCCCC/C=C\CCCCCCCCC. The van der Waals surface area contributed by atoms with E-state index in [0.29, 0.717) is 19.3 Å². The molecule has 0 aliphatic heterocycles. The van der Waals surface area contributed by atoms with Crippen molar-refractivity contribution in [3.05, 3.63) is 36.5 Å². The van der Waals surface area contributed by atoms with Crippen LogP contribution in [0.2, 0.25) is 0 Å². The van der Waals surface area contributed by atoms with Crippen molar-refractivity contribution in [3.63, 3.8) is 0 Å². The Bertz CT molecular complexity index is 1380. The summed E-state index contributed by atoms with van der Waals surface area (Å²) in [5.74, 6) is -0.863. The van der Waals surface area contributed by atoms with Crippen LogP contribution in [0.1, 0.15) is 419 Å². The van der Waals surface area contributed by atoms with Crippen LogP contribution in [-0.4, -0.2) is 37.2 Å². The number of unbranched alkanes of at least 4 members (excludes halogenated alkanes) is 53. The molecule has 83 heavy (non-hydrogen) atoms. The van der Waals surface area contributed by atoms with Crippen molar-refractivity contribution in [2.75, 3.05) is 13.2 Å². The van der Waals surface area contributed by atoms with E-state index in [2.05, 4.69) is 57.2 Å². The first-order valence-corrected chi connectivity index (χ1v) is 37.5. The summed E-state index contributed by atoms with van der Waals surface area (Å²) in [5.41, 5.74) is 0. The lowest BCUT2D eigenvalue weighted by Crippen LogP contribution is -2.30. The first-order valence-electron chi connectivity index (χ1n) is 37.5. The van der Waals surface area contributed by atoms with Crippen LogP contribution in [0.4, 0.5) is 0 Å². The normalized spacial score (nSPS) is 12.2. The molecule has 0 aliphatic rings. The maximum absolute atomic E-state index is 12.9. The van der Waals surface area contributed by atoms with E-state index in [-0.39, 0.29) is 31.1 Å². The van der Waals surface area contributed by atoms with Crippen molar-refractivity contribution in [2.24, 2.45) is 0 Å². The third-order valence-electron chi connectivity index (χ3n) is 17.1. The minimum absolute atomic E-state index is 0.0733. The number of rotatable bonds is 70. The molecule has 0 N–H and O–H groups in total. The Morgan fingerprint density at radius 3 is 0.602 bits per heavy atom. The number of hydrogen-bond donors (Lipinski definition) is 0. The summed E-state index contributed by atoms with van der Waals surface area (Å²) in [7, 11) is 0. The van der Waals surface area contributed by atoms with Crippen molar-refractivity contribution in [3.8, 4) is 0 Å². The number of carbonyl (C=O) groups is 3. The van der Waals surface area contributed by atoms with Crippen molar-refractivity contribution in [1.82, 2.24) is 0 Å². The first-order chi connectivity index (χ1) is 41.0. The topological polar surface area (TPSA) is 78.9 Å². The lowest BCUT2D eigenvalue weighted by molar-refractivity contribution is -0.167.